The van der Waals surface area contributed by atoms with Crippen molar-refractivity contribution in [2.75, 3.05) is 19.4 Å². The summed E-state index contributed by atoms with van der Waals surface area (Å²) in [5.74, 6) is 0.808. The maximum atomic E-state index is 13.4. The second-order valence-corrected chi connectivity index (χ2v) is 8.30. The molecule has 0 spiro atoms. The Hall–Kier alpha value is -2.72. The normalized spacial score (nSPS) is 10.7. The van der Waals surface area contributed by atoms with Gasteiger partial charge in [-0.3, -0.25) is 14.2 Å². The minimum absolute atomic E-state index is 0.0817. The van der Waals surface area contributed by atoms with E-state index in [1.54, 1.807) is 42.0 Å². The fourth-order valence-electron chi connectivity index (χ4n) is 2.81. The second kappa shape index (κ2) is 10.5. The molecule has 162 valence electrons. The van der Waals surface area contributed by atoms with Crippen LogP contribution < -0.4 is 10.1 Å². The minimum atomic E-state index is -0.355. The fraction of sp³-hybridized carbons (Fsp3) is 0.238. The lowest BCUT2D eigenvalue weighted by Crippen LogP contribution is -2.23. The number of carbonyl (C=O) groups is 2. The Kier molecular flexibility index (Phi) is 7.80. The Balaban J connectivity index is 1.80. The van der Waals surface area contributed by atoms with E-state index in [9.17, 15) is 14.0 Å². The van der Waals surface area contributed by atoms with Gasteiger partial charge in [0.05, 0.1) is 17.3 Å². The van der Waals surface area contributed by atoms with Crippen LogP contribution in [0.4, 0.5) is 4.39 Å². The van der Waals surface area contributed by atoms with Gasteiger partial charge in [0.25, 0.3) is 0 Å². The van der Waals surface area contributed by atoms with Crippen LogP contribution in [0.15, 0.2) is 52.1 Å². The number of ketones is 1. The van der Waals surface area contributed by atoms with Gasteiger partial charge < -0.3 is 10.1 Å². The van der Waals surface area contributed by atoms with Crippen molar-refractivity contribution in [3.05, 3.63) is 64.1 Å². The molecule has 10 heteroatoms. The van der Waals surface area contributed by atoms with E-state index >= 15 is 0 Å². The van der Waals surface area contributed by atoms with Crippen LogP contribution in [0.2, 0.25) is 0 Å². The van der Waals surface area contributed by atoms with Crippen molar-refractivity contribution >= 4 is 39.4 Å². The lowest BCUT2D eigenvalue weighted by molar-refractivity contribution is -0.118. The molecule has 7 nitrogen and oxygen atoms in total. The Labute approximate surface area is 191 Å². The molecule has 1 N–H and O–H groups in total. The number of thioether (sulfide) groups is 1. The summed E-state index contributed by atoms with van der Waals surface area (Å²) in [5, 5.41) is 11.6. The highest BCUT2D eigenvalue weighted by molar-refractivity contribution is 9.10. The van der Waals surface area contributed by atoms with Gasteiger partial charge >= 0.3 is 0 Å². The number of ether oxygens (including phenoxy) is 1. The molecular formula is C21H20BrFN4O3S. The third-order valence-corrected chi connectivity index (χ3v) is 5.86. The zero-order chi connectivity index (χ0) is 22.4. The Morgan fingerprint density at radius 2 is 1.94 bits per heavy atom. The van der Waals surface area contributed by atoms with Crippen molar-refractivity contribution in [2.45, 2.75) is 18.5 Å². The van der Waals surface area contributed by atoms with E-state index < -0.39 is 0 Å². The highest BCUT2D eigenvalue weighted by Crippen LogP contribution is 2.27. The average molecular weight is 507 g/mol. The second-order valence-electron chi connectivity index (χ2n) is 6.50. The number of carbonyl (C=O) groups excluding carboxylic acids is 2. The predicted molar refractivity (Wildman–Crippen MR) is 119 cm³/mol. The van der Waals surface area contributed by atoms with Crippen molar-refractivity contribution < 1.29 is 18.7 Å². The highest BCUT2D eigenvalue weighted by Gasteiger charge is 2.17. The van der Waals surface area contributed by atoms with Crippen LogP contribution in [-0.4, -0.2) is 45.9 Å². The van der Waals surface area contributed by atoms with E-state index in [0.29, 0.717) is 45.4 Å². The summed E-state index contributed by atoms with van der Waals surface area (Å²) in [4.78, 5) is 23.8. The van der Waals surface area contributed by atoms with Gasteiger partial charge in [0, 0.05) is 31.1 Å². The zero-order valence-corrected chi connectivity index (χ0v) is 19.3. The van der Waals surface area contributed by atoms with Gasteiger partial charge in [0.2, 0.25) is 5.91 Å². The third-order valence-electron chi connectivity index (χ3n) is 4.31. The number of hydrogen-bond donors (Lipinski definition) is 1. The lowest BCUT2D eigenvalue weighted by Gasteiger charge is -2.11. The van der Waals surface area contributed by atoms with Gasteiger partial charge in [-0.1, -0.05) is 11.8 Å². The summed E-state index contributed by atoms with van der Waals surface area (Å²) in [7, 11) is 1.56. The molecule has 0 radical (unpaired) electrons. The first-order valence-electron chi connectivity index (χ1n) is 9.33. The Morgan fingerprint density at radius 3 is 2.58 bits per heavy atom. The number of Topliss-reactive ketones (excluding diaryl/α,β-unsaturated/α-hetero) is 1. The SMILES string of the molecule is COc1ccc(C(=O)CSc2nnc(CCNC(C)=O)n2-c2ccc(F)cc2)cc1Br. The molecule has 0 fully saturated rings. The van der Waals surface area contributed by atoms with Crippen LogP contribution >= 0.6 is 27.7 Å². The van der Waals surface area contributed by atoms with Crippen molar-refractivity contribution in [3.63, 3.8) is 0 Å². The summed E-state index contributed by atoms with van der Waals surface area (Å²) >= 11 is 4.62. The van der Waals surface area contributed by atoms with Gasteiger partial charge in [0.1, 0.15) is 17.4 Å². The van der Waals surface area contributed by atoms with Gasteiger partial charge in [-0.25, -0.2) is 4.39 Å². The molecule has 1 amide bonds. The number of benzene rings is 2. The van der Waals surface area contributed by atoms with Gasteiger partial charge in [0.15, 0.2) is 10.9 Å². The molecule has 0 saturated carbocycles. The fourth-order valence-corrected chi connectivity index (χ4v) is 4.21. The molecule has 0 aliphatic rings. The number of rotatable bonds is 9. The molecule has 3 aromatic rings. The molecule has 1 heterocycles. The largest absolute Gasteiger partial charge is 0.496 e. The molecular weight excluding hydrogens is 487 g/mol. The summed E-state index contributed by atoms with van der Waals surface area (Å²) in [6.07, 6.45) is 0.434. The monoisotopic (exact) mass is 506 g/mol. The van der Waals surface area contributed by atoms with Crippen LogP contribution in [0.1, 0.15) is 23.1 Å². The summed E-state index contributed by atoms with van der Waals surface area (Å²) in [6.45, 7) is 1.83. The number of aromatic nitrogens is 3. The molecule has 2 aromatic carbocycles. The number of nitrogens with zero attached hydrogens (tertiary/aromatic N) is 3. The Bertz CT molecular complexity index is 1090. The predicted octanol–water partition coefficient (Wildman–Crippen LogP) is 3.83. The molecule has 31 heavy (non-hydrogen) atoms. The highest BCUT2D eigenvalue weighted by atomic mass is 79.9. The van der Waals surface area contributed by atoms with Crippen LogP contribution in [0.3, 0.4) is 0 Å². The molecule has 1 aromatic heterocycles. The summed E-state index contributed by atoms with van der Waals surface area (Å²) < 4.78 is 21.1. The minimum Gasteiger partial charge on any atom is -0.496 e. The molecule has 0 saturated heterocycles. The summed E-state index contributed by atoms with van der Waals surface area (Å²) in [6, 6.07) is 11.1. The molecule has 0 aliphatic heterocycles. The average Bonchev–Trinajstić information content (AvgIpc) is 3.15. The quantitative estimate of drug-likeness (QED) is 0.350. The first kappa shape index (κ1) is 23.0. The van der Waals surface area contributed by atoms with Crippen LogP contribution in [-0.2, 0) is 11.2 Å². The van der Waals surface area contributed by atoms with Crippen LogP contribution in [0.5, 0.6) is 5.75 Å². The number of methoxy groups -OCH3 is 1. The summed E-state index contributed by atoms with van der Waals surface area (Å²) in [5.41, 5.74) is 1.21. The molecule has 0 bridgehead atoms. The van der Waals surface area contributed by atoms with E-state index in [4.69, 9.17) is 4.74 Å². The standard InChI is InChI=1S/C21H20BrFN4O3S/c1-13(28)24-10-9-20-25-26-21(27(20)16-6-4-15(23)5-7-16)31-12-18(29)14-3-8-19(30-2)17(22)11-14/h3-8,11H,9-10,12H2,1-2H3,(H,24,28). The van der Waals surface area contributed by atoms with E-state index in [-0.39, 0.29) is 23.3 Å². The maximum absolute atomic E-state index is 13.4. The number of nitrogens with one attached hydrogen (secondary N) is 1. The third kappa shape index (κ3) is 5.92. The first-order chi connectivity index (χ1) is 14.9. The van der Waals surface area contributed by atoms with Crippen molar-refractivity contribution in [1.29, 1.82) is 0 Å². The number of halogens is 2. The van der Waals surface area contributed by atoms with Crippen LogP contribution in [0.25, 0.3) is 5.69 Å². The van der Waals surface area contributed by atoms with Gasteiger partial charge in [-0.05, 0) is 58.4 Å². The number of amides is 1. The van der Waals surface area contributed by atoms with Gasteiger partial charge in [-0.15, -0.1) is 10.2 Å². The zero-order valence-electron chi connectivity index (χ0n) is 16.9. The van der Waals surface area contributed by atoms with Crippen molar-refractivity contribution in [1.82, 2.24) is 20.1 Å². The van der Waals surface area contributed by atoms with E-state index in [2.05, 4.69) is 31.4 Å². The molecule has 0 atom stereocenters. The smallest absolute Gasteiger partial charge is 0.216 e. The van der Waals surface area contributed by atoms with E-state index in [1.165, 1.54) is 30.8 Å². The molecule has 0 aliphatic carbocycles. The first-order valence-corrected chi connectivity index (χ1v) is 11.1. The van der Waals surface area contributed by atoms with E-state index in [1.807, 2.05) is 0 Å². The molecule has 0 unspecified atom stereocenters. The van der Waals surface area contributed by atoms with Crippen molar-refractivity contribution in [2.24, 2.45) is 0 Å². The maximum Gasteiger partial charge on any atom is 0.216 e. The van der Waals surface area contributed by atoms with E-state index in [0.717, 1.165) is 0 Å². The van der Waals surface area contributed by atoms with Crippen LogP contribution in [0, 0.1) is 5.82 Å². The Morgan fingerprint density at radius 1 is 1.19 bits per heavy atom. The van der Waals surface area contributed by atoms with Crippen molar-refractivity contribution in [3.8, 4) is 11.4 Å². The molecule has 3 rings (SSSR count). The number of hydrogen-bond acceptors (Lipinski definition) is 6. The lowest BCUT2D eigenvalue weighted by atomic mass is 10.1. The topological polar surface area (TPSA) is 86.1 Å². The van der Waals surface area contributed by atoms with Gasteiger partial charge in [-0.2, -0.15) is 0 Å².